The fourth-order valence-corrected chi connectivity index (χ4v) is 6.06. The molecule has 0 aromatic heterocycles. The molecule has 4 heterocycles. The Balaban J connectivity index is 1.50. The molecule has 4 aliphatic heterocycles. The molecule has 3 aliphatic carbocycles. The van der Waals surface area contributed by atoms with Gasteiger partial charge in [-0.3, -0.25) is 0 Å². The molecular formula is C16H24O10. The molecule has 148 valence electrons. The van der Waals surface area contributed by atoms with E-state index < -0.39 is 66.0 Å². The third kappa shape index (κ3) is 1.61. The highest BCUT2D eigenvalue weighted by molar-refractivity contribution is 5.37. The van der Waals surface area contributed by atoms with E-state index in [2.05, 4.69) is 0 Å². The standard InChI is InChI=1S/C16H24O10/c1-13-4-15(22)7-2-16(13,14(7,5-18)12(25-13)26-15)24-11-10(21)9(20)8(19)6(3-17)23-11/h6-12,17-22H,2-5H2,1H3/t6-,7-,8-,9+,10-,11+,12?,13+,14-,15-,16+/m1/s1. The number of hydrogen-bond acceptors (Lipinski definition) is 10. The number of aliphatic hydroxyl groups is 6. The Morgan fingerprint density at radius 3 is 2.46 bits per heavy atom. The van der Waals surface area contributed by atoms with Crippen molar-refractivity contribution in [3.05, 3.63) is 0 Å². The van der Waals surface area contributed by atoms with Crippen LogP contribution in [0.5, 0.6) is 0 Å². The summed E-state index contributed by atoms with van der Waals surface area (Å²) in [5.41, 5.74) is -3.09. The van der Waals surface area contributed by atoms with E-state index in [1.807, 2.05) is 0 Å². The van der Waals surface area contributed by atoms with Crippen LogP contribution in [0, 0.1) is 11.3 Å². The molecule has 7 fully saturated rings. The summed E-state index contributed by atoms with van der Waals surface area (Å²) >= 11 is 0. The minimum absolute atomic E-state index is 0.139. The predicted octanol–water partition coefficient (Wildman–Crippen LogP) is -3.22. The molecule has 0 amide bonds. The van der Waals surface area contributed by atoms with E-state index in [0.717, 1.165) is 0 Å². The van der Waals surface area contributed by atoms with Crippen LogP contribution >= 0.6 is 0 Å². The van der Waals surface area contributed by atoms with Crippen molar-refractivity contribution in [1.82, 2.24) is 0 Å². The number of hydrogen-bond donors (Lipinski definition) is 6. The lowest BCUT2D eigenvalue weighted by atomic mass is 9.41. The van der Waals surface area contributed by atoms with Crippen molar-refractivity contribution >= 4 is 0 Å². The topological polar surface area (TPSA) is 158 Å². The molecule has 6 N–H and O–H groups in total. The molecule has 0 aromatic rings. The Kier molecular flexibility index (Phi) is 3.37. The Morgan fingerprint density at radius 2 is 1.81 bits per heavy atom. The van der Waals surface area contributed by atoms with Crippen molar-refractivity contribution < 1.29 is 49.6 Å². The maximum Gasteiger partial charge on any atom is 0.187 e. The average molecular weight is 376 g/mol. The summed E-state index contributed by atoms with van der Waals surface area (Å²) in [7, 11) is 0. The summed E-state index contributed by atoms with van der Waals surface area (Å²) in [6.45, 7) is 0.840. The van der Waals surface area contributed by atoms with Crippen LogP contribution in [0.2, 0.25) is 0 Å². The first-order chi connectivity index (χ1) is 12.2. The van der Waals surface area contributed by atoms with E-state index >= 15 is 0 Å². The zero-order valence-electron chi connectivity index (χ0n) is 14.2. The van der Waals surface area contributed by atoms with E-state index in [4.69, 9.17) is 18.9 Å². The first-order valence-electron chi connectivity index (χ1n) is 8.85. The summed E-state index contributed by atoms with van der Waals surface area (Å²) in [5.74, 6) is -1.77. The zero-order chi connectivity index (χ0) is 18.7. The molecule has 1 unspecified atom stereocenters. The molecule has 10 heteroatoms. The van der Waals surface area contributed by atoms with Gasteiger partial charge in [-0.2, -0.15) is 0 Å². The lowest BCUT2D eigenvalue weighted by Crippen LogP contribution is -2.80. The van der Waals surface area contributed by atoms with Gasteiger partial charge in [-0.1, -0.05) is 0 Å². The van der Waals surface area contributed by atoms with Crippen LogP contribution in [0.15, 0.2) is 0 Å². The third-order valence-electron chi connectivity index (χ3n) is 7.38. The Bertz CT molecular complexity index is 630. The second-order valence-corrected chi connectivity index (χ2v) is 8.42. The van der Waals surface area contributed by atoms with E-state index in [0.29, 0.717) is 6.42 Å². The Morgan fingerprint density at radius 1 is 1.08 bits per heavy atom. The van der Waals surface area contributed by atoms with Gasteiger partial charge in [0.05, 0.1) is 18.6 Å². The van der Waals surface area contributed by atoms with Gasteiger partial charge in [0.15, 0.2) is 18.4 Å². The van der Waals surface area contributed by atoms with E-state index in [1.54, 1.807) is 6.92 Å². The zero-order valence-corrected chi connectivity index (χ0v) is 14.2. The van der Waals surface area contributed by atoms with Gasteiger partial charge in [-0.15, -0.1) is 0 Å². The highest BCUT2D eigenvalue weighted by atomic mass is 16.8. The monoisotopic (exact) mass is 376 g/mol. The maximum absolute atomic E-state index is 10.8. The van der Waals surface area contributed by atoms with Gasteiger partial charge >= 0.3 is 0 Å². The first-order valence-corrected chi connectivity index (χ1v) is 8.85. The second kappa shape index (κ2) is 4.95. The smallest absolute Gasteiger partial charge is 0.187 e. The Labute approximate surface area is 148 Å². The van der Waals surface area contributed by atoms with Crippen LogP contribution in [-0.4, -0.2) is 97.8 Å². The predicted molar refractivity (Wildman–Crippen MR) is 79.1 cm³/mol. The number of aliphatic hydroxyl groups excluding tert-OH is 5. The molecule has 10 nitrogen and oxygen atoms in total. The molecule has 6 bridgehead atoms. The normalized spacial score (nSPS) is 65.4. The van der Waals surface area contributed by atoms with Crippen molar-refractivity contribution in [3.8, 4) is 0 Å². The van der Waals surface area contributed by atoms with Crippen molar-refractivity contribution in [2.75, 3.05) is 13.2 Å². The lowest BCUT2D eigenvalue weighted by Gasteiger charge is -2.67. The van der Waals surface area contributed by atoms with Gasteiger partial charge < -0.3 is 49.6 Å². The van der Waals surface area contributed by atoms with E-state index in [1.165, 1.54) is 0 Å². The van der Waals surface area contributed by atoms with Crippen LogP contribution in [0.25, 0.3) is 0 Å². The van der Waals surface area contributed by atoms with Crippen LogP contribution in [0.3, 0.4) is 0 Å². The van der Waals surface area contributed by atoms with Crippen LogP contribution in [0.4, 0.5) is 0 Å². The maximum atomic E-state index is 10.8. The average Bonchev–Trinajstić information content (AvgIpc) is 2.77. The molecule has 26 heavy (non-hydrogen) atoms. The minimum atomic E-state index is -1.56. The van der Waals surface area contributed by atoms with Gasteiger partial charge in [-0.25, -0.2) is 0 Å². The quantitative estimate of drug-likeness (QED) is 0.295. The number of ether oxygens (including phenoxy) is 4. The van der Waals surface area contributed by atoms with Crippen molar-refractivity contribution in [2.24, 2.45) is 11.3 Å². The minimum Gasteiger partial charge on any atom is -0.395 e. The molecule has 3 saturated carbocycles. The first kappa shape index (κ1) is 17.7. The van der Waals surface area contributed by atoms with Gasteiger partial charge in [0.1, 0.15) is 35.6 Å². The Hall–Kier alpha value is -0.400. The highest BCUT2D eigenvalue weighted by Gasteiger charge is 2.94. The summed E-state index contributed by atoms with van der Waals surface area (Å²) in [6.07, 6.45) is -7.43. The van der Waals surface area contributed by atoms with Crippen LogP contribution < -0.4 is 0 Å². The van der Waals surface area contributed by atoms with Gasteiger partial charge in [-0.05, 0) is 13.3 Å². The molecule has 0 aromatic carbocycles. The van der Waals surface area contributed by atoms with Crippen LogP contribution in [0.1, 0.15) is 19.8 Å². The number of rotatable bonds is 4. The summed E-state index contributed by atoms with van der Waals surface area (Å²) in [5, 5.41) is 60.6. The van der Waals surface area contributed by atoms with Crippen LogP contribution in [-0.2, 0) is 18.9 Å². The van der Waals surface area contributed by atoms with E-state index in [9.17, 15) is 30.6 Å². The lowest BCUT2D eigenvalue weighted by molar-refractivity contribution is -0.424. The van der Waals surface area contributed by atoms with Gasteiger partial charge in [0, 0.05) is 12.3 Å². The summed E-state index contributed by atoms with van der Waals surface area (Å²) in [4.78, 5) is 0. The molecule has 4 saturated heterocycles. The highest BCUT2D eigenvalue weighted by Crippen LogP contribution is 2.81. The third-order valence-corrected chi connectivity index (χ3v) is 7.38. The summed E-state index contributed by atoms with van der Waals surface area (Å²) < 4.78 is 23.2. The van der Waals surface area contributed by atoms with Crippen molar-refractivity contribution in [2.45, 2.75) is 73.8 Å². The largest absolute Gasteiger partial charge is 0.395 e. The van der Waals surface area contributed by atoms with E-state index in [-0.39, 0.29) is 18.9 Å². The fourth-order valence-electron chi connectivity index (χ4n) is 6.06. The molecule has 11 atom stereocenters. The van der Waals surface area contributed by atoms with Crippen molar-refractivity contribution in [1.29, 1.82) is 0 Å². The summed E-state index contributed by atoms with van der Waals surface area (Å²) in [6, 6.07) is 0. The molecule has 0 radical (unpaired) electrons. The van der Waals surface area contributed by atoms with Gasteiger partial charge in [0.25, 0.3) is 0 Å². The molecule has 0 spiro atoms. The second-order valence-electron chi connectivity index (χ2n) is 8.42. The van der Waals surface area contributed by atoms with Crippen molar-refractivity contribution in [3.63, 3.8) is 0 Å². The van der Waals surface area contributed by atoms with Gasteiger partial charge in [0.2, 0.25) is 0 Å². The fraction of sp³-hybridized carbons (Fsp3) is 1.00. The molecular weight excluding hydrogens is 352 g/mol. The molecule has 7 aliphatic rings. The SMILES string of the molecule is C[C@@]12C[C@@]3(O)OC(O1)[C@@]1(CO)[C@H]3C[C@@]12O[C@@H]1O[C@H](CO)[C@@H](O)[C@H](O)[C@H]1O. The molecule has 7 rings (SSSR count).